The molecule has 2 aliphatic carbocycles. The van der Waals surface area contributed by atoms with Gasteiger partial charge >= 0.3 is 12.1 Å². The van der Waals surface area contributed by atoms with Gasteiger partial charge in [-0.05, 0) is 32.6 Å². The molecule has 0 radical (unpaired) electrons. The first-order valence-electron chi connectivity index (χ1n) is 15.4. The van der Waals surface area contributed by atoms with Crippen LogP contribution in [-0.2, 0) is 25.7 Å². The Labute approximate surface area is 257 Å². The predicted molar refractivity (Wildman–Crippen MR) is 152 cm³/mol. The van der Waals surface area contributed by atoms with Crippen molar-refractivity contribution in [2.45, 2.75) is 89.0 Å². The number of fused-ring (bicyclic) bond motifs is 1. The SMILES string of the molecule is CCOC(=O)[C@@]12CN(C(=O)CCn3cncn3)C[C@]1(C(F)(F)F)CN(C(C(=O)NC1CCCCC1)c1csc(C3CC3)n1)C2. The molecule has 2 saturated carbocycles. The second kappa shape index (κ2) is 12.0. The molecular weight excluding hydrogens is 599 g/mol. The minimum absolute atomic E-state index is 0.0592. The highest BCUT2D eigenvalue weighted by molar-refractivity contribution is 7.09. The number of alkyl halides is 3. The number of ether oxygens (including phenoxy) is 1. The molecule has 0 bridgehead atoms. The average molecular weight is 638 g/mol. The molecule has 2 aromatic heterocycles. The second-order valence-corrected chi connectivity index (χ2v) is 13.5. The van der Waals surface area contributed by atoms with E-state index in [-0.39, 0.29) is 25.6 Å². The lowest BCUT2D eigenvalue weighted by molar-refractivity contribution is -0.242. The third kappa shape index (κ3) is 5.61. The number of esters is 1. The van der Waals surface area contributed by atoms with Gasteiger partial charge in [0.1, 0.15) is 29.5 Å². The summed E-state index contributed by atoms with van der Waals surface area (Å²) in [5.74, 6) is -1.61. The molecule has 4 fully saturated rings. The van der Waals surface area contributed by atoms with Crippen LogP contribution in [0.2, 0.25) is 0 Å². The number of rotatable bonds is 10. The number of nitrogens with one attached hydrogen (secondary N) is 1. The lowest BCUT2D eigenvalue weighted by Gasteiger charge is -2.37. The van der Waals surface area contributed by atoms with Crippen LogP contribution in [0.3, 0.4) is 0 Å². The van der Waals surface area contributed by atoms with Gasteiger partial charge in [0, 0.05) is 49.9 Å². The van der Waals surface area contributed by atoms with Crippen LogP contribution in [0.15, 0.2) is 18.0 Å². The van der Waals surface area contributed by atoms with Gasteiger partial charge in [0.15, 0.2) is 0 Å². The minimum atomic E-state index is -4.87. The lowest BCUT2D eigenvalue weighted by Crippen LogP contribution is -2.55. The molecule has 0 spiro atoms. The van der Waals surface area contributed by atoms with Crippen molar-refractivity contribution in [3.63, 3.8) is 0 Å². The van der Waals surface area contributed by atoms with Gasteiger partial charge in [0.05, 0.1) is 23.9 Å². The zero-order valence-corrected chi connectivity index (χ0v) is 25.5. The minimum Gasteiger partial charge on any atom is -0.465 e. The van der Waals surface area contributed by atoms with E-state index in [0.29, 0.717) is 11.6 Å². The summed E-state index contributed by atoms with van der Waals surface area (Å²) in [6.45, 7) is -0.622. The molecule has 2 saturated heterocycles. The fourth-order valence-electron chi connectivity index (χ4n) is 7.24. The van der Waals surface area contributed by atoms with Crippen molar-refractivity contribution in [1.82, 2.24) is 34.9 Å². The van der Waals surface area contributed by atoms with Crippen molar-refractivity contribution in [1.29, 1.82) is 0 Å². The molecule has 0 aromatic carbocycles. The van der Waals surface area contributed by atoms with Crippen molar-refractivity contribution in [3.05, 3.63) is 28.7 Å². The number of likely N-dealkylation sites (tertiary alicyclic amines) is 2. The first-order valence-corrected chi connectivity index (χ1v) is 16.3. The number of halogens is 3. The maximum Gasteiger partial charge on any atom is 0.398 e. The highest BCUT2D eigenvalue weighted by Gasteiger charge is 2.78. The molecule has 4 aliphatic rings. The quantitative estimate of drug-likeness (QED) is 0.394. The van der Waals surface area contributed by atoms with Crippen LogP contribution in [0.25, 0.3) is 0 Å². The molecule has 2 aromatic rings. The molecule has 11 nitrogen and oxygen atoms in total. The normalized spacial score (nSPS) is 26.9. The summed E-state index contributed by atoms with van der Waals surface area (Å²) < 4.78 is 53.0. The van der Waals surface area contributed by atoms with Crippen molar-refractivity contribution >= 4 is 29.1 Å². The van der Waals surface area contributed by atoms with Gasteiger partial charge < -0.3 is 15.0 Å². The van der Waals surface area contributed by atoms with Crippen LogP contribution < -0.4 is 5.32 Å². The summed E-state index contributed by atoms with van der Waals surface area (Å²) in [5.41, 5.74) is -4.33. The molecule has 240 valence electrons. The number of nitrogens with zero attached hydrogens (tertiary/aromatic N) is 6. The van der Waals surface area contributed by atoms with E-state index in [9.17, 15) is 14.4 Å². The number of aryl methyl sites for hydroxylation is 1. The Morgan fingerprint density at radius 2 is 1.89 bits per heavy atom. The Morgan fingerprint density at radius 3 is 2.55 bits per heavy atom. The number of hydrogen-bond donors (Lipinski definition) is 1. The van der Waals surface area contributed by atoms with E-state index >= 15 is 13.2 Å². The number of amides is 2. The number of aromatic nitrogens is 4. The second-order valence-electron chi connectivity index (χ2n) is 12.6. The zero-order valence-electron chi connectivity index (χ0n) is 24.7. The number of thiazole rings is 1. The Hall–Kier alpha value is -3.07. The van der Waals surface area contributed by atoms with Gasteiger partial charge in [-0.15, -0.1) is 11.3 Å². The van der Waals surface area contributed by atoms with E-state index < -0.39 is 67.0 Å². The fraction of sp³-hybridized carbons (Fsp3) is 0.724. The first-order chi connectivity index (χ1) is 21.1. The standard InChI is InChI=1S/C29H38F3N7O4S/c1-2-43-26(42)27-13-37(22(40)10-11-39-18-33-17-34-39)15-28(27,29(30,31)32)16-38(14-27)23(21-12-44-25(36-21)19-8-9-19)24(41)35-20-6-4-3-5-7-20/h12,17-20,23H,2-11,13-16H2,1H3,(H,35,41)/t23?,27-,28-/m0/s1. The van der Waals surface area contributed by atoms with Crippen molar-refractivity contribution in [2.24, 2.45) is 10.8 Å². The van der Waals surface area contributed by atoms with E-state index in [4.69, 9.17) is 9.72 Å². The number of hydrogen-bond acceptors (Lipinski definition) is 9. The molecular formula is C29H38F3N7O4S. The summed E-state index contributed by atoms with van der Waals surface area (Å²) in [4.78, 5) is 52.1. The van der Waals surface area contributed by atoms with Gasteiger partial charge in [-0.3, -0.25) is 24.0 Å². The highest BCUT2D eigenvalue weighted by atomic mass is 32.1. The summed E-state index contributed by atoms with van der Waals surface area (Å²) in [6, 6.07) is -1.16. The van der Waals surface area contributed by atoms with E-state index in [0.717, 1.165) is 54.9 Å². The first kappa shape index (κ1) is 30.9. The molecule has 1 unspecified atom stereocenters. The lowest BCUT2D eigenvalue weighted by atomic mass is 9.67. The monoisotopic (exact) mass is 637 g/mol. The zero-order chi connectivity index (χ0) is 31.1. The van der Waals surface area contributed by atoms with E-state index in [1.807, 2.05) is 0 Å². The van der Waals surface area contributed by atoms with Crippen LogP contribution in [0.4, 0.5) is 13.2 Å². The Morgan fingerprint density at radius 1 is 1.11 bits per heavy atom. The summed E-state index contributed by atoms with van der Waals surface area (Å²) in [6.07, 6.45) is 4.43. The highest BCUT2D eigenvalue weighted by Crippen LogP contribution is 2.62. The topological polar surface area (TPSA) is 123 Å². The molecule has 6 rings (SSSR count). The van der Waals surface area contributed by atoms with Gasteiger partial charge in [0.2, 0.25) is 11.8 Å². The van der Waals surface area contributed by atoms with Gasteiger partial charge in [-0.2, -0.15) is 18.3 Å². The molecule has 2 aliphatic heterocycles. The van der Waals surface area contributed by atoms with Crippen LogP contribution in [0, 0.1) is 10.8 Å². The third-order valence-corrected chi connectivity index (χ3v) is 10.7. The van der Waals surface area contributed by atoms with Crippen molar-refractivity contribution in [3.8, 4) is 0 Å². The van der Waals surface area contributed by atoms with Gasteiger partial charge in [-0.25, -0.2) is 9.97 Å². The third-order valence-electron chi connectivity index (χ3n) is 9.68. The van der Waals surface area contributed by atoms with Crippen LogP contribution in [-0.4, -0.2) is 92.3 Å². The van der Waals surface area contributed by atoms with Crippen LogP contribution in [0.5, 0.6) is 0 Å². The summed E-state index contributed by atoms with van der Waals surface area (Å²) in [7, 11) is 0. The molecule has 15 heteroatoms. The van der Waals surface area contributed by atoms with Crippen molar-refractivity contribution < 1.29 is 32.3 Å². The molecule has 44 heavy (non-hydrogen) atoms. The summed E-state index contributed by atoms with van der Waals surface area (Å²) in [5, 5.41) is 9.70. The maximum atomic E-state index is 15.4. The fourth-order valence-corrected chi connectivity index (χ4v) is 8.25. The molecule has 2 amide bonds. The Balaban J connectivity index is 1.33. The largest absolute Gasteiger partial charge is 0.465 e. The molecule has 1 N–H and O–H groups in total. The Kier molecular flexibility index (Phi) is 8.46. The van der Waals surface area contributed by atoms with E-state index in [1.54, 1.807) is 12.3 Å². The Bertz CT molecular complexity index is 1360. The van der Waals surface area contributed by atoms with Crippen molar-refractivity contribution in [2.75, 3.05) is 32.8 Å². The maximum absolute atomic E-state index is 15.4. The van der Waals surface area contributed by atoms with Crippen LogP contribution in [0.1, 0.15) is 81.0 Å². The predicted octanol–water partition coefficient (Wildman–Crippen LogP) is 3.45. The van der Waals surface area contributed by atoms with Gasteiger partial charge in [-0.1, -0.05) is 19.3 Å². The number of carbonyl (C=O) groups is 3. The smallest absolute Gasteiger partial charge is 0.398 e. The van der Waals surface area contributed by atoms with E-state index in [2.05, 4.69) is 15.4 Å². The molecule has 4 heterocycles. The van der Waals surface area contributed by atoms with E-state index in [1.165, 1.54) is 33.6 Å². The van der Waals surface area contributed by atoms with Crippen LogP contribution >= 0.6 is 11.3 Å². The molecule has 3 atom stereocenters. The van der Waals surface area contributed by atoms with Gasteiger partial charge in [0.25, 0.3) is 0 Å². The number of carbonyl (C=O) groups excluding carboxylic acids is 3. The summed E-state index contributed by atoms with van der Waals surface area (Å²) >= 11 is 1.42. The average Bonchev–Trinajstić information content (AvgIpc) is 3.32.